The second-order valence-corrected chi connectivity index (χ2v) is 7.27. The first-order valence-corrected chi connectivity index (χ1v) is 8.94. The van der Waals surface area contributed by atoms with Gasteiger partial charge >= 0.3 is 5.97 Å². The molecule has 0 aromatic heterocycles. The Morgan fingerprint density at radius 3 is 2.43 bits per heavy atom. The number of ether oxygens (including phenoxy) is 1. The molecular weight excluding hydrogens is 284 g/mol. The molecule has 3 rings (SSSR count). The van der Waals surface area contributed by atoms with Gasteiger partial charge in [-0.1, -0.05) is 12.1 Å². The average molecular weight is 306 g/mol. The van der Waals surface area contributed by atoms with Crippen LogP contribution in [0.5, 0.6) is 5.75 Å². The van der Waals surface area contributed by atoms with E-state index in [0.29, 0.717) is 12.0 Å². The number of hydrogen-bond acceptors (Lipinski definition) is 3. The van der Waals surface area contributed by atoms with Crippen molar-refractivity contribution in [3.05, 3.63) is 29.8 Å². The van der Waals surface area contributed by atoms with Gasteiger partial charge in [-0.15, -0.1) is 0 Å². The van der Waals surface area contributed by atoms with Crippen LogP contribution in [0, 0.1) is 5.92 Å². The molecule has 1 unspecified atom stereocenters. The quantitative estimate of drug-likeness (QED) is 0.865. The van der Waals surface area contributed by atoms with E-state index in [0.717, 1.165) is 37.0 Å². The average Bonchev–Trinajstić information content (AvgIpc) is 3.31. The number of rotatable bonds is 6. The third kappa shape index (κ3) is 4.16. The van der Waals surface area contributed by atoms with E-state index < -0.39 is 5.97 Å². The molecule has 1 N–H and O–H groups in total. The van der Waals surface area contributed by atoms with Crippen LogP contribution in [-0.2, 0) is 4.79 Å². The van der Waals surface area contributed by atoms with E-state index in [9.17, 15) is 4.79 Å². The summed E-state index contributed by atoms with van der Waals surface area (Å²) in [5, 5.41) is 9.07. The zero-order chi connectivity index (χ0) is 14.7. The van der Waals surface area contributed by atoms with Crippen molar-refractivity contribution in [3.63, 3.8) is 0 Å². The highest BCUT2D eigenvalue weighted by Gasteiger charge is 2.33. The molecule has 1 aliphatic carbocycles. The third-order valence-electron chi connectivity index (χ3n) is 4.36. The normalized spacial score (nSPS) is 21.0. The van der Waals surface area contributed by atoms with E-state index in [4.69, 9.17) is 9.84 Å². The maximum atomic E-state index is 11.0. The minimum atomic E-state index is -0.702. The minimum absolute atomic E-state index is 0.169. The molecule has 0 spiro atoms. The number of aliphatic carboxylic acids is 1. The van der Waals surface area contributed by atoms with Crippen LogP contribution in [0.25, 0.3) is 0 Å². The van der Waals surface area contributed by atoms with Gasteiger partial charge in [-0.3, -0.25) is 4.79 Å². The van der Waals surface area contributed by atoms with Crippen molar-refractivity contribution in [2.75, 3.05) is 11.5 Å². The second kappa shape index (κ2) is 6.73. The zero-order valence-corrected chi connectivity index (χ0v) is 13.0. The molecule has 0 radical (unpaired) electrons. The lowest BCUT2D eigenvalue weighted by Gasteiger charge is -2.23. The van der Waals surface area contributed by atoms with Gasteiger partial charge in [-0.25, -0.2) is 0 Å². The summed E-state index contributed by atoms with van der Waals surface area (Å²) in [6.45, 7) is 0. The largest absolute Gasteiger partial charge is 0.490 e. The van der Waals surface area contributed by atoms with E-state index in [1.165, 1.54) is 11.5 Å². The van der Waals surface area contributed by atoms with Crippen LogP contribution in [0.2, 0.25) is 0 Å². The summed E-state index contributed by atoms with van der Waals surface area (Å²) in [5.74, 6) is 3.31. The molecule has 4 heteroatoms. The molecule has 3 nitrogen and oxygen atoms in total. The molecule has 1 heterocycles. The fourth-order valence-electron chi connectivity index (χ4n) is 3.02. The van der Waals surface area contributed by atoms with Crippen molar-refractivity contribution in [1.29, 1.82) is 0 Å². The molecule has 1 saturated carbocycles. The molecule has 0 bridgehead atoms. The number of hydrogen-bond donors (Lipinski definition) is 1. The van der Waals surface area contributed by atoms with Crippen molar-refractivity contribution in [2.45, 2.75) is 44.1 Å². The van der Waals surface area contributed by atoms with Gasteiger partial charge in [0.25, 0.3) is 0 Å². The van der Waals surface area contributed by atoms with Crippen LogP contribution in [-0.4, -0.2) is 28.7 Å². The molecule has 0 amide bonds. The van der Waals surface area contributed by atoms with Gasteiger partial charge in [-0.05, 0) is 66.7 Å². The van der Waals surface area contributed by atoms with Crippen LogP contribution < -0.4 is 4.74 Å². The molecule has 1 aliphatic heterocycles. The monoisotopic (exact) mass is 306 g/mol. The smallest absolute Gasteiger partial charge is 0.303 e. The highest BCUT2D eigenvalue weighted by molar-refractivity contribution is 7.99. The maximum Gasteiger partial charge on any atom is 0.303 e. The van der Waals surface area contributed by atoms with Crippen LogP contribution in [0.3, 0.4) is 0 Å². The SMILES string of the molecule is O=C(O)CC(c1ccc(OC2CCSCC2)cc1)C1CC1. The molecular formula is C17H22O3S. The second-order valence-electron chi connectivity index (χ2n) is 6.04. The summed E-state index contributed by atoms with van der Waals surface area (Å²) < 4.78 is 6.02. The van der Waals surface area contributed by atoms with Gasteiger partial charge in [0.15, 0.2) is 0 Å². The van der Waals surface area contributed by atoms with Crippen molar-refractivity contribution < 1.29 is 14.6 Å². The lowest BCUT2D eigenvalue weighted by Crippen LogP contribution is -2.22. The Bertz CT molecular complexity index is 475. The summed E-state index contributed by atoms with van der Waals surface area (Å²) in [4.78, 5) is 11.0. The number of carbonyl (C=O) groups is 1. The summed E-state index contributed by atoms with van der Waals surface area (Å²) in [7, 11) is 0. The zero-order valence-electron chi connectivity index (χ0n) is 12.2. The highest BCUT2D eigenvalue weighted by Crippen LogP contribution is 2.44. The Morgan fingerprint density at radius 1 is 1.19 bits per heavy atom. The number of thioether (sulfide) groups is 1. The number of carboxylic acids is 1. The van der Waals surface area contributed by atoms with E-state index in [1.807, 2.05) is 23.9 Å². The first-order valence-electron chi connectivity index (χ1n) is 7.78. The Labute approximate surface area is 130 Å². The molecule has 114 valence electrons. The molecule has 1 saturated heterocycles. The molecule has 21 heavy (non-hydrogen) atoms. The van der Waals surface area contributed by atoms with Gasteiger partial charge in [0.2, 0.25) is 0 Å². The van der Waals surface area contributed by atoms with Gasteiger partial charge in [0, 0.05) is 0 Å². The van der Waals surface area contributed by atoms with Crippen LogP contribution >= 0.6 is 11.8 Å². The molecule has 2 fully saturated rings. The highest BCUT2D eigenvalue weighted by atomic mass is 32.2. The van der Waals surface area contributed by atoms with Gasteiger partial charge < -0.3 is 9.84 Å². The summed E-state index contributed by atoms with van der Waals surface area (Å²) in [6, 6.07) is 8.13. The first kappa shape index (κ1) is 14.8. The minimum Gasteiger partial charge on any atom is -0.490 e. The van der Waals surface area contributed by atoms with Crippen molar-refractivity contribution in [2.24, 2.45) is 5.92 Å². The topological polar surface area (TPSA) is 46.5 Å². The molecule has 2 aliphatic rings. The molecule has 1 atom stereocenters. The standard InChI is InChI=1S/C17H22O3S/c18-17(19)11-16(12-1-2-12)13-3-5-14(6-4-13)20-15-7-9-21-10-8-15/h3-6,12,15-16H,1-2,7-11H2,(H,18,19). The van der Waals surface area contributed by atoms with Gasteiger partial charge in [-0.2, -0.15) is 11.8 Å². The fraction of sp³-hybridized carbons (Fsp3) is 0.588. The molecule has 1 aromatic carbocycles. The van der Waals surface area contributed by atoms with Crippen molar-refractivity contribution in [1.82, 2.24) is 0 Å². The van der Waals surface area contributed by atoms with E-state index in [2.05, 4.69) is 12.1 Å². The van der Waals surface area contributed by atoms with Gasteiger partial charge in [0.1, 0.15) is 11.9 Å². The maximum absolute atomic E-state index is 11.0. The fourth-order valence-corrected chi connectivity index (χ4v) is 4.09. The lowest BCUT2D eigenvalue weighted by atomic mass is 9.91. The Hall–Kier alpha value is -1.16. The van der Waals surface area contributed by atoms with Crippen LogP contribution in [0.1, 0.15) is 43.6 Å². The lowest BCUT2D eigenvalue weighted by molar-refractivity contribution is -0.137. The predicted molar refractivity (Wildman–Crippen MR) is 85.1 cm³/mol. The summed E-state index contributed by atoms with van der Waals surface area (Å²) >= 11 is 2.00. The van der Waals surface area contributed by atoms with Crippen LogP contribution in [0.15, 0.2) is 24.3 Å². The van der Waals surface area contributed by atoms with E-state index in [1.54, 1.807) is 0 Å². The Morgan fingerprint density at radius 2 is 1.86 bits per heavy atom. The van der Waals surface area contributed by atoms with Crippen molar-refractivity contribution >= 4 is 17.7 Å². The van der Waals surface area contributed by atoms with E-state index >= 15 is 0 Å². The predicted octanol–water partition coefficient (Wildman–Crippen LogP) is 3.93. The van der Waals surface area contributed by atoms with Crippen LogP contribution in [0.4, 0.5) is 0 Å². The van der Waals surface area contributed by atoms with Crippen molar-refractivity contribution in [3.8, 4) is 5.75 Å². The van der Waals surface area contributed by atoms with Gasteiger partial charge in [0.05, 0.1) is 6.42 Å². The Kier molecular flexibility index (Phi) is 4.73. The summed E-state index contributed by atoms with van der Waals surface area (Å²) in [5.41, 5.74) is 1.14. The third-order valence-corrected chi connectivity index (χ3v) is 5.41. The number of carboxylic acid groups (broad SMARTS) is 1. The van der Waals surface area contributed by atoms with E-state index in [-0.39, 0.29) is 12.3 Å². The first-order chi connectivity index (χ1) is 10.2. The molecule has 1 aromatic rings. The number of benzene rings is 1. The summed E-state index contributed by atoms with van der Waals surface area (Å²) in [6.07, 6.45) is 5.15. The Balaban J connectivity index is 1.63.